The third-order valence-electron chi connectivity index (χ3n) is 3.97. The predicted octanol–water partition coefficient (Wildman–Crippen LogP) is 5.02. The molecule has 1 aliphatic rings. The van der Waals surface area contributed by atoms with E-state index in [0.29, 0.717) is 12.6 Å². The van der Waals surface area contributed by atoms with E-state index in [4.69, 9.17) is 9.47 Å². The first-order chi connectivity index (χ1) is 11.2. The Balaban J connectivity index is 0.00000208. The molecule has 1 aliphatic carbocycles. The molecule has 1 fully saturated rings. The lowest BCUT2D eigenvalue weighted by molar-refractivity contribution is 0.282. The Labute approximate surface area is 158 Å². The average Bonchev–Trinajstić information content (AvgIpc) is 3.37. The van der Waals surface area contributed by atoms with Crippen molar-refractivity contribution in [3.8, 4) is 11.5 Å². The molecular formula is C19H23BrClNO2. The van der Waals surface area contributed by atoms with Gasteiger partial charge in [-0.25, -0.2) is 0 Å². The van der Waals surface area contributed by atoms with Crippen molar-refractivity contribution >= 4 is 28.3 Å². The summed E-state index contributed by atoms with van der Waals surface area (Å²) in [6, 6.07) is 13.2. The Morgan fingerprint density at radius 3 is 2.46 bits per heavy atom. The van der Waals surface area contributed by atoms with Gasteiger partial charge in [-0.1, -0.05) is 29.8 Å². The molecule has 0 aromatic heterocycles. The summed E-state index contributed by atoms with van der Waals surface area (Å²) < 4.78 is 12.4. The van der Waals surface area contributed by atoms with Crippen LogP contribution in [0.25, 0.3) is 0 Å². The van der Waals surface area contributed by atoms with Gasteiger partial charge in [-0.2, -0.15) is 0 Å². The fraction of sp³-hybridized carbons (Fsp3) is 0.368. The molecule has 0 spiro atoms. The summed E-state index contributed by atoms with van der Waals surface area (Å²) in [5.41, 5.74) is 3.59. The van der Waals surface area contributed by atoms with E-state index in [9.17, 15) is 0 Å². The smallest absolute Gasteiger partial charge is 0.175 e. The molecule has 0 atom stereocenters. The predicted molar refractivity (Wildman–Crippen MR) is 103 cm³/mol. The lowest BCUT2D eigenvalue weighted by Gasteiger charge is -2.15. The van der Waals surface area contributed by atoms with Crippen LogP contribution in [0.1, 0.15) is 29.5 Å². The molecule has 0 unspecified atom stereocenters. The van der Waals surface area contributed by atoms with Gasteiger partial charge >= 0.3 is 0 Å². The van der Waals surface area contributed by atoms with E-state index in [0.717, 1.165) is 28.1 Å². The summed E-state index contributed by atoms with van der Waals surface area (Å²) in [5.74, 6) is 1.52. The number of aryl methyl sites for hydroxylation is 1. The largest absolute Gasteiger partial charge is 0.493 e. The number of benzene rings is 2. The van der Waals surface area contributed by atoms with Gasteiger partial charge in [-0.3, -0.25) is 0 Å². The first kappa shape index (κ1) is 19.1. The number of rotatable bonds is 7. The van der Waals surface area contributed by atoms with Crippen LogP contribution < -0.4 is 14.8 Å². The van der Waals surface area contributed by atoms with Crippen molar-refractivity contribution < 1.29 is 9.47 Å². The highest BCUT2D eigenvalue weighted by Gasteiger charge is 2.20. The summed E-state index contributed by atoms with van der Waals surface area (Å²) in [5, 5.41) is 3.52. The molecule has 2 aromatic rings. The molecule has 130 valence electrons. The van der Waals surface area contributed by atoms with Gasteiger partial charge in [0.25, 0.3) is 0 Å². The summed E-state index contributed by atoms with van der Waals surface area (Å²) in [6.45, 7) is 3.46. The highest BCUT2D eigenvalue weighted by Crippen LogP contribution is 2.37. The van der Waals surface area contributed by atoms with Crippen LogP contribution in [0.4, 0.5) is 0 Å². The van der Waals surface area contributed by atoms with Crippen LogP contribution in [0, 0.1) is 6.92 Å². The van der Waals surface area contributed by atoms with E-state index >= 15 is 0 Å². The fourth-order valence-corrected chi connectivity index (χ4v) is 3.01. The fourth-order valence-electron chi connectivity index (χ4n) is 2.40. The van der Waals surface area contributed by atoms with Crippen LogP contribution in [-0.2, 0) is 13.2 Å². The lowest BCUT2D eigenvalue weighted by Crippen LogP contribution is -2.15. The molecule has 0 saturated heterocycles. The van der Waals surface area contributed by atoms with Gasteiger partial charge in [0.2, 0.25) is 0 Å². The third kappa shape index (κ3) is 5.13. The zero-order valence-corrected chi connectivity index (χ0v) is 16.4. The summed E-state index contributed by atoms with van der Waals surface area (Å²) in [6.07, 6.45) is 2.58. The molecule has 0 radical (unpaired) electrons. The summed E-state index contributed by atoms with van der Waals surface area (Å²) in [4.78, 5) is 0. The first-order valence-electron chi connectivity index (χ1n) is 7.94. The molecule has 0 aliphatic heterocycles. The van der Waals surface area contributed by atoms with Gasteiger partial charge in [0.15, 0.2) is 11.5 Å². The van der Waals surface area contributed by atoms with Crippen molar-refractivity contribution in [1.29, 1.82) is 0 Å². The number of hydrogen-bond acceptors (Lipinski definition) is 3. The quantitative estimate of drug-likeness (QED) is 0.692. The second-order valence-corrected chi connectivity index (χ2v) is 6.89. The third-order valence-corrected chi connectivity index (χ3v) is 4.55. The SMILES string of the molecule is COc1cc(CNC2CC2)cc(Br)c1OCc1ccc(C)cc1.Cl. The van der Waals surface area contributed by atoms with E-state index in [1.165, 1.54) is 24.0 Å². The van der Waals surface area contributed by atoms with Crippen molar-refractivity contribution in [2.45, 2.75) is 39.0 Å². The van der Waals surface area contributed by atoms with Crippen molar-refractivity contribution in [3.63, 3.8) is 0 Å². The second-order valence-electron chi connectivity index (χ2n) is 6.04. The monoisotopic (exact) mass is 411 g/mol. The van der Waals surface area contributed by atoms with E-state index in [1.807, 2.05) is 6.07 Å². The van der Waals surface area contributed by atoms with E-state index in [1.54, 1.807) is 7.11 Å². The van der Waals surface area contributed by atoms with Gasteiger partial charge in [-0.15, -0.1) is 12.4 Å². The molecule has 3 nitrogen and oxygen atoms in total. The second kappa shape index (κ2) is 8.75. The molecular weight excluding hydrogens is 390 g/mol. The highest BCUT2D eigenvalue weighted by atomic mass is 79.9. The van der Waals surface area contributed by atoms with Gasteiger partial charge in [0, 0.05) is 12.6 Å². The van der Waals surface area contributed by atoms with Crippen molar-refractivity contribution in [3.05, 3.63) is 57.6 Å². The van der Waals surface area contributed by atoms with E-state index in [-0.39, 0.29) is 12.4 Å². The zero-order chi connectivity index (χ0) is 16.2. The van der Waals surface area contributed by atoms with E-state index < -0.39 is 0 Å². The van der Waals surface area contributed by atoms with Gasteiger partial charge < -0.3 is 14.8 Å². The standard InChI is InChI=1S/C19H22BrNO2.ClH/c1-13-3-5-14(6-4-13)12-23-19-17(20)9-15(10-18(19)22-2)11-21-16-7-8-16;/h3-6,9-10,16,21H,7-8,11-12H2,1-2H3;1H. The van der Waals surface area contributed by atoms with Crippen LogP contribution in [0.3, 0.4) is 0 Å². The Bertz CT molecular complexity index is 672. The number of halogens is 2. The van der Waals surface area contributed by atoms with Crippen molar-refractivity contribution in [2.75, 3.05) is 7.11 Å². The van der Waals surface area contributed by atoms with Crippen molar-refractivity contribution in [1.82, 2.24) is 5.32 Å². The molecule has 1 saturated carbocycles. The van der Waals surface area contributed by atoms with Gasteiger partial charge in [-0.05, 0) is 59.0 Å². The number of ether oxygens (including phenoxy) is 2. The van der Waals surface area contributed by atoms with E-state index in [2.05, 4.69) is 58.5 Å². The Hall–Kier alpha value is -1.23. The topological polar surface area (TPSA) is 30.5 Å². The number of methoxy groups -OCH3 is 1. The van der Waals surface area contributed by atoms with Crippen LogP contribution in [0.15, 0.2) is 40.9 Å². The Kier molecular flexibility index (Phi) is 6.96. The first-order valence-corrected chi connectivity index (χ1v) is 8.73. The number of nitrogens with one attached hydrogen (secondary N) is 1. The highest BCUT2D eigenvalue weighted by molar-refractivity contribution is 9.10. The average molecular weight is 413 g/mol. The summed E-state index contributed by atoms with van der Waals surface area (Å²) >= 11 is 3.61. The maximum Gasteiger partial charge on any atom is 0.175 e. The molecule has 1 N–H and O–H groups in total. The minimum Gasteiger partial charge on any atom is -0.493 e. The summed E-state index contributed by atoms with van der Waals surface area (Å²) in [7, 11) is 1.68. The Morgan fingerprint density at radius 2 is 1.83 bits per heavy atom. The molecule has 24 heavy (non-hydrogen) atoms. The molecule has 5 heteroatoms. The van der Waals surface area contributed by atoms with Gasteiger partial charge in [0.1, 0.15) is 6.61 Å². The maximum atomic E-state index is 5.99. The normalized spacial score (nSPS) is 13.3. The van der Waals surface area contributed by atoms with Crippen molar-refractivity contribution in [2.24, 2.45) is 0 Å². The van der Waals surface area contributed by atoms with Gasteiger partial charge in [0.05, 0.1) is 11.6 Å². The molecule has 0 amide bonds. The number of hydrogen-bond donors (Lipinski definition) is 1. The lowest BCUT2D eigenvalue weighted by atomic mass is 10.1. The van der Waals surface area contributed by atoms with Crippen LogP contribution in [0.2, 0.25) is 0 Å². The minimum absolute atomic E-state index is 0. The zero-order valence-electron chi connectivity index (χ0n) is 14.0. The molecule has 3 rings (SSSR count). The Morgan fingerprint density at radius 1 is 1.12 bits per heavy atom. The molecule has 0 heterocycles. The minimum atomic E-state index is 0. The van der Waals surface area contributed by atoms with Crippen LogP contribution in [0.5, 0.6) is 11.5 Å². The molecule has 0 bridgehead atoms. The maximum absolute atomic E-state index is 5.99. The van der Waals surface area contributed by atoms with Crippen LogP contribution >= 0.6 is 28.3 Å². The molecule has 2 aromatic carbocycles. The van der Waals surface area contributed by atoms with Crippen LogP contribution in [-0.4, -0.2) is 13.2 Å².